The molecule has 0 atom stereocenters. The van der Waals surface area contributed by atoms with Gasteiger partial charge in [-0.05, 0) is 95.8 Å². The third-order valence-electron chi connectivity index (χ3n) is 13.4. The van der Waals surface area contributed by atoms with E-state index in [2.05, 4.69) is 19.9 Å². The molecule has 0 aliphatic carbocycles. The molecule has 0 amide bonds. The second kappa shape index (κ2) is 21.4. The Kier molecular flexibility index (Phi) is 14.0. The molecule has 0 saturated carbocycles. The van der Waals surface area contributed by atoms with Gasteiger partial charge in [-0.1, -0.05) is 108 Å². The SMILES string of the molecule is Cc1ccc(Cn2c3nc(-c4ccc(O)cc4)nc4c(ncn4Cc4ccc(CO)cc4)c-3nc2=O)cc1.Cc1ccc(Cn2c3nc(-c4ccc(S(C)(=O)=O)cc4)nc4c(ncn4Cc4ccc(CO)cc4)c-3nc2=O)cc1. The van der Waals surface area contributed by atoms with Gasteiger partial charge < -0.3 is 24.5 Å². The highest BCUT2D eigenvalue weighted by Gasteiger charge is 2.26. The van der Waals surface area contributed by atoms with Crippen molar-refractivity contribution in [2.45, 2.75) is 58.1 Å². The number of rotatable bonds is 13. The Bertz CT molecular complexity index is 4350. The third kappa shape index (κ3) is 10.9. The van der Waals surface area contributed by atoms with E-state index in [1.807, 2.05) is 120 Å². The molecule has 3 N–H and O–H groups in total. The van der Waals surface area contributed by atoms with Crippen molar-refractivity contribution in [1.29, 1.82) is 0 Å². The summed E-state index contributed by atoms with van der Waals surface area (Å²) in [5, 5.41) is 28.6. The van der Waals surface area contributed by atoms with Gasteiger partial charge in [-0.25, -0.2) is 47.9 Å². The summed E-state index contributed by atoms with van der Waals surface area (Å²) in [5.74, 6) is 1.53. The summed E-state index contributed by atoms with van der Waals surface area (Å²) < 4.78 is 30.9. The van der Waals surface area contributed by atoms with E-state index in [0.29, 0.717) is 87.8 Å². The lowest BCUT2D eigenvalue weighted by Gasteiger charge is -2.06. The van der Waals surface area contributed by atoms with Crippen molar-refractivity contribution in [3.63, 3.8) is 0 Å². The average molecular weight is 1070 g/mol. The number of aliphatic hydroxyl groups excluding tert-OH is 2. The van der Waals surface area contributed by atoms with Crippen molar-refractivity contribution in [2.75, 3.05) is 6.26 Å². The number of imidazole rings is 4. The average Bonchev–Trinajstić information content (AvgIpc) is 4.18. The number of aryl methyl sites for hydroxylation is 2. The van der Waals surface area contributed by atoms with Crippen LogP contribution in [0.1, 0.15) is 44.5 Å². The van der Waals surface area contributed by atoms with Crippen LogP contribution in [0.4, 0.5) is 0 Å². The van der Waals surface area contributed by atoms with Gasteiger partial charge in [0, 0.05) is 17.4 Å². The van der Waals surface area contributed by atoms with E-state index in [-0.39, 0.29) is 30.4 Å². The van der Waals surface area contributed by atoms with Gasteiger partial charge in [0.2, 0.25) is 0 Å². The smallest absolute Gasteiger partial charge is 0.350 e. The van der Waals surface area contributed by atoms with Crippen LogP contribution >= 0.6 is 0 Å². The van der Waals surface area contributed by atoms with Crippen molar-refractivity contribution in [3.8, 4) is 51.6 Å². The molecule has 394 valence electrons. The molecule has 0 fully saturated rings. The molecular formula is C59H50N12O7S. The summed E-state index contributed by atoms with van der Waals surface area (Å²) in [5.41, 5.74) is 10.7. The maximum Gasteiger partial charge on any atom is 0.350 e. The summed E-state index contributed by atoms with van der Waals surface area (Å²) in [6, 6.07) is 44.0. The first-order valence-electron chi connectivity index (χ1n) is 25.0. The molecule has 12 rings (SSSR count). The number of nitrogens with zero attached hydrogens (tertiary/aromatic N) is 12. The number of sulfone groups is 1. The van der Waals surface area contributed by atoms with E-state index in [9.17, 15) is 33.3 Å². The number of phenolic OH excluding ortho intramolecular Hbond substituents is 1. The van der Waals surface area contributed by atoms with Crippen molar-refractivity contribution < 1.29 is 23.7 Å². The van der Waals surface area contributed by atoms with Crippen LogP contribution in [0.15, 0.2) is 173 Å². The van der Waals surface area contributed by atoms with Crippen LogP contribution in [0.5, 0.6) is 5.75 Å². The first kappa shape index (κ1) is 51.5. The van der Waals surface area contributed by atoms with Gasteiger partial charge in [0.25, 0.3) is 0 Å². The van der Waals surface area contributed by atoms with E-state index in [0.717, 1.165) is 50.8 Å². The van der Waals surface area contributed by atoms with Crippen LogP contribution in [0, 0.1) is 13.8 Å². The zero-order valence-electron chi connectivity index (χ0n) is 43.0. The predicted octanol–water partition coefficient (Wildman–Crippen LogP) is 7.21. The lowest BCUT2D eigenvalue weighted by atomic mass is 10.1. The maximum absolute atomic E-state index is 13.2. The Labute approximate surface area is 451 Å². The fraction of sp³-hybridized carbons (Fsp3) is 0.153. The molecule has 2 aromatic heterocycles. The zero-order valence-corrected chi connectivity index (χ0v) is 43.8. The molecule has 79 heavy (non-hydrogen) atoms. The Balaban J connectivity index is 0.000000168. The normalized spacial score (nSPS) is 11.7. The maximum atomic E-state index is 13.2. The number of fused-ring (bicyclic) bond motifs is 6. The monoisotopic (exact) mass is 1070 g/mol. The Morgan fingerprint density at radius 3 is 1.18 bits per heavy atom. The molecule has 4 aliphatic rings. The second-order valence-electron chi connectivity index (χ2n) is 19.3. The fourth-order valence-electron chi connectivity index (χ4n) is 9.05. The Morgan fingerprint density at radius 2 is 0.797 bits per heavy atom. The quantitative estimate of drug-likeness (QED) is 0.103. The molecule has 20 heteroatoms. The van der Waals surface area contributed by atoms with Gasteiger partial charge in [-0.15, -0.1) is 0 Å². The van der Waals surface area contributed by atoms with Gasteiger partial charge in [0.1, 0.15) is 28.2 Å². The number of benzene rings is 6. The summed E-state index contributed by atoms with van der Waals surface area (Å²) in [7, 11) is -3.39. The molecule has 19 nitrogen and oxygen atoms in total. The zero-order chi connectivity index (χ0) is 55.0. The molecule has 0 bridgehead atoms. The van der Waals surface area contributed by atoms with Crippen LogP contribution in [0.3, 0.4) is 0 Å². The number of aliphatic hydroxyl groups is 2. The minimum absolute atomic E-state index is 0.0197. The molecule has 0 spiro atoms. The summed E-state index contributed by atoms with van der Waals surface area (Å²) in [6.07, 6.45) is 4.48. The molecular weight excluding hydrogens is 1020 g/mol. The molecule has 4 aliphatic heterocycles. The summed E-state index contributed by atoms with van der Waals surface area (Å²) in [4.78, 5) is 63.8. The highest BCUT2D eigenvalue weighted by atomic mass is 32.2. The number of hydrogen-bond donors (Lipinski definition) is 3. The van der Waals surface area contributed by atoms with Gasteiger partial charge in [0.15, 0.2) is 44.4 Å². The van der Waals surface area contributed by atoms with Crippen LogP contribution in [0.25, 0.3) is 68.1 Å². The minimum Gasteiger partial charge on any atom is -0.508 e. The van der Waals surface area contributed by atoms with Gasteiger partial charge >= 0.3 is 11.4 Å². The molecule has 0 unspecified atom stereocenters. The number of phenols is 1. The van der Waals surface area contributed by atoms with Gasteiger partial charge in [-0.3, -0.25) is 9.13 Å². The number of hydrogen-bond acceptors (Lipinski definition) is 15. The van der Waals surface area contributed by atoms with E-state index in [4.69, 9.17) is 19.9 Å². The van der Waals surface area contributed by atoms with Crippen LogP contribution in [-0.2, 0) is 49.2 Å². The standard InChI is InChI=1S/C30H26N6O4S.C29H24N6O3/c1-19-3-5-21(6-4-19)16-36-29-26(32-30(36)38)25-28(35(18-31-25)15-20-7-9-22(17-37)10-8-20)33-27(34-29)23-11-13-24(14-12-23)41(2,39)40;1-18-2-4-20(5-3-18)15-35-28-25(31-29(35)38)24-27(32-26(33-28)22-10-12-23(37)13-11-22)34(17-30-24)14-19-6-8-21(16-36)9-7-19/h3-14,18,37H,15-17H2,1-2H3;2-13,17,36-37H,14-16H2,1H3. The molecule has 8 aromatic rings. The van der Waals surface area contributed by atoms with Crippen LogP contribution < -0.4 is 11.4 Å². The third-order valence-corrected chi connectivity index (χ3v) is 14.6. The van der Waals surface area contributed by atoms with E-state index in [1.165, 1.54) is 21.3 Å². The first-order chi connectivity index (χ1) is 38.2. The van der Waals surface area contributed by atoms with Gasteiger partial charge in [0.05, 0.1) is 56.9 Å². The minimum atomic E-state index is -3.39. The second-order valence-corrected chi connectivity index (χ2v) is 21.3. The molecule has 0 saturated heterocycles. The van der Waals surface area contributed by atoms with Crippen LogP contribution in [-0.4, -0.2) is 88.1 Å². The Hall–Kier alpha value is -9.63. The van der Waals surface area contributed by atoms with Crippen molar-refractivity contribution in [3.05, 3.63) is 224 Å². The molecule has 0 radical (unpaired) electrons. The van der Waals surface area contributed by atoms with Crippen molar-refractivity contribution in [2.24, 2.45) is 0 Å². The largest absolute Gasteiger partial charge is 0.508 e. The summed E-state index contributed by atoms with van der Waals surface area (Å²) >= 11 is 0. The highest BCUT2D eigenvalue weighted by molar-refractivity contribution is 7.90. The molecule has 6 heterocycles. The van der Waals surface area contributed by atoms with Crippen molar-refractivity contribution >= 4 is 32.2 Å². The lowest BCUT2D eigenvalue weighted by Crippen LogP contribution is -2.18. The van der Waals surface area contributed by atoms with Crippen LogP contribution in [0.2, 0.25) is 0 Å². The van der Waals surface area contributed by atoms with E-state index >= 15 is 0 Å². The number of aromatic nitrogens is 12. The van der Waals surface area contributed by atoms with Crippen molar-refractivity contribution in [1.82, 2.24) is 58.1 Å². The topological polar surface area (TPSA) is 252 Å². The first-order valence-corrected chi connectivity index (χ1v) is 26.9. The fourth-order valence-corrected chi connectivity index (χ4v) is 9.68. The van der Waals surface area contributed by atoms with E-state index in [1.54, 1.807) is 49.1 Å². The summed E-state index contributed by atoms with van der Waals surface area (Å²) in [6.45, 7) is 5.43. The van der Waals surface area contributed by atoms with Gasteiger partial charge in [-0.2, -0.15) is 9.97 Å². The molecule has 6 aromatic carbocycles. The lowest BCUT2D eigenvalue weighted by molar-refractivity contribution is 0.281. The van der Waals surface area contributed by atoms with E-state index < -0.39 is 21.2 Å². The highest BCUT2D eigenvalue weighted by Crippen LogP contribution is 2.31. The number of aromatic hydroxyl groups is 1. The predicted molar refractivity (Wildman–Crippen MR) is 297 cm³/mol. The Morgan fingerprint density at radius 1 is 0.443 bits per heavy atom.